The fraction of sp³-hybridized carbons (Fsp3) is 0.480. The number of benzene rings is 1. The molecule has 2 aromatic rings. The van der Waals surface area contributed by atoms with Crippen LogP contribution in [0.5, 0.6) is 11.6 Å². The Morgan fingerprint density at radius 3 is 2.66 bits per heavy atom. The van der Waals surface area contributed by atoms with Crippen LogP contribution >= 0.6 is 0 Å². The molecule has 3 heterocycles. The summed E-state index contributed by atoms with van der Waals surface area (Å²) in [7, 11) is 1.64. The Morgan fingerprint density at radius 1 is 1.03 bits per heavy atom. The first-order chi connectivity index (χ1) is 15.7. The molecule has 32 heavy (non-hydrogen) atoms. The first-order valence-electron chi connectivity index (χ1n) is 11.5. The molecule has 4 rings (SSSR count). The average molecular weight is 438 g/mol. The van der Waals surface area contributed by atoms with Gasteiger partial charge in [-0.2, -0.15) is 0 Å². The van der Waals surface area contributed by atoms with Gasteiger partial charge in [0.2, 0.25) is 11.8 Å². The largest absolute Gasteiger partial charge is 0.496 e. The van der Waals surface area contributed by atoms with Gasteiger partial charge in [0.1, 0.15) is 17.4 Å². The second-order valence-electron chi connectivity index (χ2n) is 8.39. The van der Waals surface area contributed by atoms with E-state index >= 15 is 0 Å². The lowest BCUT2D eigenvalue weighted by Crippen LogP contribution is -2.36. The van der Waals surface area contributed by atoms with Crippen molar-refractivity contribution >= 4 is 11.8 Å². The summed E-state index contributed by atoms with van der Waals surface area (Å²) >= 11 is 0. The Kier molecular flexibility index (Phi) is 7.24. The minimum atomic E-state index is -0.159. The number of likely N-dealkylation sites (tertiary alicyclic amines) is 2. The summed E-state index contributed by atoms with van der Waals surface area (Å²) in [6.45, 7) is 2.73. The Labute approximate surface area is 189 Å². The number of carbonyl (C=O) groups excluding carboxylic acids is 2. The van der Waals surface area contributed by atoms with Gasteiger partial charge in [-0.05, 0) is 49.4 Å². The maximum absolute atomic E-state index is 13.0. The summed E-state index contributed by atoms with van der Waals surface area (Å²) in [5.41, 5.74) is 1.54. The molecule has 0 bridgehead atoms. The number of nitrogens with zero attached hydrogens (tertiary/aromatic N) is 3. The highest BCUT2D eigenvalue weighted by Gasteiger charge is 2.30. The van der Waals surface area contributed by atoms with Crippen LogP contribution in [0, 0.1) is 0 Å². The number of hydrogen-bond acceptors (Lipinski definition) is 5. The number of aromatic nitrogens is 1. The third-order valence-electron chi connectivity index (χ3n) is 6.22. The molecule has 1 aromatic heterocycles. The Morgan fingerprint density at radius 2 is 1.84 bits per heavy atom. The van der Waals surface area contributed by atoms with Crippen LogP contribution in [0.3, 0.4) is 0 Å². The normalized spacial score (nSPS) is 18.5. The smallest absolute Gasteiger partial charge is 0.259 e. The van der Waals surface area contributed by atoms with Crippen molar-refractivity contribution in [3.63, 3.8) is 0 Å². The van der Waals surface area contributed by atoms with Crippen LogP contribution in [0.15, 0.2) is 42.6 Å². The van der Waals surface area contributed by atoms with Crippen LogP contribution in [0.1, 0.15) is 48.0 Å². The van der Waals surface area contributed by atoms with Crippen LogP contribution in [0.2, 0.25) is 0 Å². The zero-order valence-corrected chi connectivity index (χ0v) is 18.7. The molecule has 0 radical (unpaired) electrons. The van der Waals surface area contributed by atoms with E-state index in [9.17, 15) is 9.59 Å². The predicted octanol–water partition coefficient (Wildman–Crippen LogP) is 3.33. The molecule has 0 N–H and O–H groups in total. The molecule has 0 aliphatic carbocycles. The fourth-order valence-electron chi connectivity index (χ4n) is 4.43. The minimum Gasteiger partial charge on any atom is -0.496 e. The molecule has 2 fully saturated rings. The molecular formula is C25H31N3O4. The first kappa shape index (κ1) is 22.1. The summed E-state index contributed by atoms with van der Waals surface area (Å²) in [6.07, 6.45) is 6.53. The lowest BCUT2D eigenvalue weighted by molar-refractivity contribution is -0.130. The maximum atomic E-state index is 13.0. The molecule has 7 nitrogen and oxygen atoms in total. The van der Waals surface area contributed by atoms with E-state index in [0.717, 1.165) is 43.7 Å². The predicted molar refractivity (Wildman–Crippen MR) is 121 cm³/mol. The Balaban J connectivity index is 1.33. The fourth-order valence-corrected chi connectivity index (χ4v) is 4.43. The van der Waals surface area contributed by atoms with Crippen LogP contribution in [0.25, 0.3) is 0 Å². The van der Waals surface area contributed by atoms with Gasteiger partial charge in [0, 0.05) is 38.7 Å². The quantitative estimate of drug-likeness (QED) is 0.664. The molecule has 2 amide bonds. The molecule has 0 saturated carbocycles. The minimum absolute atomic E-state index is 0.0180. The second kappa shape index (κ2) is 10.5. The molecule has 170 valence electrons. The topological polar surface area (TPSA) is 72.0 Å². The highest BCUT2D eigenvalue weighted by molar-refractivity contribution is 5.96. The Bertz CT molecular complexity index is 942. The zero-order chi connectivity index (χ0) is 22.3. The van der Waals surface area contributed by atoms with Crippen LogP contribution in [0.4, 0.5) is 0 Å². The van der Waals surface area contributed by atoms with E-state index in [1.807, 2.05) is 34.1 Å². The number of amides is 2. The number of carbonyl (C=O) groups is 2. The number of ether oxygens (including phenoxy) is 2. The van der Waals surface area contributed by atoms with Crippen LogP contribution in [-0.2, 0) is 11.2 Å². The molecule has 1 atom stereocenters. The van der Waals surface area contributed by atoms with Crippen molar-refractivity contribution in [1.82, 2.24) is 14.8 Å². The number of pyridine rings is 1. The first-order valence-corrected chi connectivity index (χ1v) is 11.5. The summed E-state index contributed by atoms with van der Waals surface area (Å²) in [5.74, 6) is 1.27. The number of methoxy groups -OCH3 is 1. The summed E-state index contributed by atoms with van der Waals surface area (Å²) in [5, 5.41) is 0. The van der Waals surface area contributed by atoms with E-state index in [4.69, 9.17) is 9.47 Å². The number of aryl methyl sites for hydroxylation is 1. The van der Waals surface area contributed by atoms with Gasteiger partial charge in [-0.15, -0.1) is 0 Å². The van der Waals surface area contributed by atoms with Gasteiger partial charge in [-0.25, -0.2) is 4.98 Å². The summed E-state index contributed by atoms with van der Waals surface area (Å²) in [4.78, 5) is 33.8. The van der Waals surface area contributed by atoms with Gasteiger partial charge in [0.15, 0.2) is 0 Å². The van der Waals surface area contributed by atoms with Gasteiger partial charge in [0.25, 0.3) is 5.91 Å². The third kappa shape index (κ3) is 5.21. The van der Waals surface area contributed by atoms with Gasteiger partial charge in [-0.3, -0.25) is 9.59 Å². The molecule has 2 aliphatic rings. The average Bonchev–Trinajstić information content (AvgIpc) is 3.32. The van der Waals surface area contributed by atoms with Gasteiger partial charge in [0.05, 0.1) is 13.7 Å². The van der Waals surface area contributed by atoms with E-state index in [-0.39, 0.29) is 17.9 Å². The van der Waals surface area contributed by atoms with Crippen molar-refractivity contribution in [3.05, 3.63) is 53.7 Å². The molecule has 0 spiro atoms. The van der Waals surface area contributed by atoms with Gasteiger partial charge >= 0.3 is 0 Å². The van der Waals surface area contributed by atoms with E-state index in [2.05, 4.69) is 4.98 Å². The summed E-state index contributed by atoms with van der Waals surface area (Å²) in [6, 6.07) is 11.3. The highest BCUT2D eigenvalue weighted by atomic mass is 16.5. The molecule has 1 unspecified atom stereocenters. The third-order valence-corrected chi connectivity index (χ3v) is 6.22. The van der Waals surface area contributed by atoms with Gasteiger partial charge < -0.3 is 19.3 Å². The molecular weight excluding hydrogens is 406 g/mol. The summed E-state index contributed by atoms with van der Waals surface area (Å²) < 4.78 is 11.5. The number of para-hydroxylation sites is 1. The van der Waals surface area contributed by atoms with Crippen molar-refractivity contribution in [2.24, 2.45) is 0 Å². The molecule has 2 saturated heterocycles. The van der Waals surface area contributed by atoms with Crippen molar-refractivity contribution < 1.29 is 19.1 Å². The van der Waals surface area contributed by atoms with Crippen molar-refractivity contribution in [2.75, 3.05) is 33.3 Å². The monoisotopic (exact) mass is 437 g/mol. The number of piperidine rings is 1. The van der Waals surface area contributed by atoms with E-state index < -0.39 is 0 Å². The SMILES string of the molecule is COc1ccccc1CCC(=O)N1CCC(Oc2ncccc2C(=O)N2CCCCC2)C1. The van der Waals surface area contributed by atoms with Crippen molar-refractivity contribution in [1.29, 1.82) is 0 Å². The highest BCUT2D eigenvalue weighted by Crippen LogP contribution is 2.24. The van der Waals surface area contributed by atoms with Crippen LogP contribution in [-0.4, -0.2) is 66.0 Å². The van der Waals surface area contributed by atoms with Crippen molar-refractivity contribution in [2.45, 2.75) is 44.6 Å². The number of rotatable bonds is 7. The van der Waals surface area contributed by atoms with Gasteiger partial charge in [-0.1, -0.05) is 18.2 Å². The lowest BCUT2D eigenvalue weighted by atomic mass is 10.1. The Hall–Kier alpha value is -3.09. The van der Waals surface area contributed by atoms with E-state index in [1.165, 1.54) is 6.42 Å². The standard InChI is InChI=1S/C25H31N3O4/c1-31-22-10-4-3-8-19(22)11-12-23(29)28-17-13-20(18-28)32-24-21(9-7-14-26-24)25(30)27-15-5-2-6-16-27/h3-4,7-10,14,20H,2,5-6,11-13,15-18H2,1H3. The molecule has 1 aromatic carbocycles. The van der Waals surface area contributed by atoms with Crippen molar-refractivity contribution in [3.8, 4) is 11.6 Å². The number of hydrogen-bond donors (Lipinski definition) is 0. The zero-order valence-electron chi connectivity index (χ0n) is 18.7. The molecule has 7 heteroatoms. The van der Waals surface area contributed by atoms with Crippen LogP contribution < -0.4 is 9.47 Å². The maximum Gasteiger partial charge on any atom is 0.259 e. The second-order valence-corrected chi connectivity index (χ2v) is 8.39. The lowest BCUT2D eigenvalue weighted by Gasteiger charge is -2.27. The van der Waals surface area contributed by atoms with E-state index in [1.54, 1.807) is 25.4 Å². The molecule has 2 aliphatic heterocycles. The van der Waals surface area contributed by atoms with E-state index in [0.29, 0.717) is 37.4 Å².